The van der Waals surface area contributed by atoms with Gasteiger partial charge in [0.15, 0.2) is 0 Å². The molecule has 3 aliphatic heterocycles. The van der Waals surface area contributed by atoms with Crippen LogP contribution in [-0.2, 0) is 25.5 Å². The molecule has 3 fully saturated rings. The summed E-state index contributed by atoms with van der Waals surface area (Å²) in [5.41, 5.74) is 1.40. The van der Waals surface area contributed by atoms with Crippen LogP contribution in [0.1, 0.15) is 18.4 Å². The lowest BCUT2D eigenvalue weighted by molar-refractivity contribution is -0.192. The predicted octanol–water partition coefficient (Wildman–Crippen LogP) is 2.20. The molecule has 0 unspecified atom stereocenters. The second kappa shape index (κ2) is 11.1. The molecule has 32 heavy (non-hydrogen) atoms. The van der Waals surface area contributed by atoms with Crippen molar-refractivity contribution < 1.29 is 37.3 Å². The number of halogens is 3. The Morgan fingerprint density at radius 2 is 1.75 bits per heavy atom. The molecule has 1 N–H and O–H groups in total. The Morgan fingerprint density at radius 1 is 1.09 bits per heavy atom. The Bertz CT molecular complexity index is 742. The number of ether oxygens (including phenoxy) is 2. The van der Waals surface area contributed by atoms with Gasteiger partial charge in [0.1, 0.15) is 0 Å². The van der Waals surface area contributed by atoms with Crippen LogP contribution >= 0.6 is 0 Å². The van der Waals surface area contributed by atoms with Gasteiger partial charge in [0.25, 0.3) is 0 Å². The number of aliphatic carboxylic acids is 1. The number of carbonyl (C=O) groups excluding carboxylic acids is 1. The lowest BCUT2D eigenvalue weighted by Crippen LogP contribution is -2.42. The lowest BCUT2D eigenvalue weighted by atomic mass is 10.0. The standard InChI is InChI=1S/C20H28N2O3.C2HF3O2/c23-20(22-8-10-24-11-9-22)13-18-12-17-14-21(15-19(17)25-18)7-6-16-4-2-1-3-5-16;3-2(4,5)1(6)7/h1-5,17-19H,6-15H2;(H,6,7)/t17-,18-,19+;/m0./s1. The molecule has 0 spiro atoms. The topological polar surface area (TPSA) is 79.3 Å². The molecular formula is C22H29F3N2O5. The van der Waals surface area contributed by atoms with E-state index >= 15 is 0 Å². The minimum Gasteiger partial charge on any atom is -0.475 e. The number of alkyl halides is 3. The Hall–Kier alpha value is -2.17. The molecule has 10 heteroatoms. The SMILES string of the molecule is O=C(C[C@@H]1C[C@H]2CN(CCc3ccccc3)C[C@H]2O1)N1CCOCC1.O=C(O)C(F)(F)F. The van der Waals surface area contributed by atoms with Gasteiger partial charge >= 0.3 is 12.1 Å². The largest absolute Gasteiger partial charge is 0.490 e. The van der Waals surface area contributed by atoms with Gasteiger partial charge in [-0.15, -0.1) is 0 Å². The first-order valence-corrected chi connectivity index (χ1v) is 10.8. The normalized spacial score (nSPS) is 25.7. The maximum absolute atomic E-state index is 12.4. The fourth-order valence-corrected chi connectivity index (χ4v) is 4.33. The molecule has 0 bridgehead atoms. The van der Waals surface area contributed by atoms with Crippen molar-refractivity contribution in [2.75, 3.05) is 45.9 Å². The minimum atomic E-state index is -5.08. The first kappa shape index (κ1) is 24.5. The number of hydrogen-bond donors (Lipinski definition) is 1. The van der Waals surface area contributed by atoms with E-state index in [4.69, 9.17) is 19.4 Å². The van der Waals surface area contributed by atoms with Crippen molar-refractivity contribution in [3.63, 3.8) is 0 Å². The van der Waals surface area contributed by atoms with Crippen molar-refractivity contribution in [3.8, 4) is 0 Å². The number of rotatable bonds is 5. The number of amides is 1. The molecule has 3 saturated heterocycles. The van der Waals surface area contributed by atoms with E-state index < -0.39 is 12.1 Å². The van der Waals surface area contributed by atoms with Crippen LogP contribution in [0.25, 0.3) is 0 Å². The summed E-state index contributed by atoms with van der Waals surface area (Å²) >= 11 is 0. The molecule has 3 heterocycles. The molecule has 1 aromatic carbocycles. The smallest absolute Gasteiger partial charge is 0.475 e. The number of benzene rings is 1. The van der Waals surface area contributed by atoms with Crippen LogP contribution in [0.4, 0.5) is 13.2 Å². The summed E-state index contributed by atoms with van der Waals surface area (Å²) < 4.78 is 43.3. The van der Waals surface area contributed by atoms with Crippen LogP contribution in [0.5, 0.6) is 0 Å². The molecule has 1 amide bonds. The molecule has 3 aliphatic rings. The van der Waals surface area contributed by atoms with Gasteiger partial charge < -0.3 is 24.4 Å². The summed E-state index contributed by atoms with van der Waals surface area (Å²) in [6, 6.07) is 10.7. The molecule has 0 saturated carbocycles. The first-order chi connectivity index (χ1) is 15.2. The van der Waals surface area contributed by atoms with Crippen LogP contribution in [0, 0.1) is 5.92 Å². The number of morpholine rings is 1. The highest BCUT2D eigenvalue weighted by molar-refractivity contribution is 5.76. The molecule has 7 nitrogen and oxygen atoms in total. The molecule has 0 radical (unpaired) electrons. The van der Waals surface area contributed by atoms with E-state index in [1.165, 1.54) is 5.56 Å². The zero-order chi connectivity index (χ0) is 23.1. The van der Waals surface area contributed by atoms with Crippen molar-refractivity contribution in [1.29, 1.82) is 0 Å². The van der Waals surface area contributed by atoms with Gasteiger partial charge in [-0.25, -0.2) is 4.79 Å². The average molecular weight is 458 g/mol. The third kappa shape index (κ3) is 7.18. The zero-order valence-electron chi connectivity index (χ0n) is 17.8. The summed E-state index contributed by atoms with van der Waals surface area (Å²) in [6.07, 6.45) is -1.99. The van der Waals surface area contributed by atoms with E-state index in [-0.39, 0.29) is 12.0 Å². The Labute approximate surface area is 185 Å². The van der Waals surface area contributed by atoms with E-state index in [2.05, 4.69) is 35.2 Å². The van der Waals surface area contributed by atoms with E-state index in [9.17, 15) is 18.0 Å². The van der Waals surface area contributed by atoms with Crippen LogP contribution in [-0.4, -0.2) is 91.1 Å². The maximum Gasteiger partial charge on any atom is 0.490 e. The van der Waals surface area contributed by atoms with Gasteiger partial charge in [0.2, 0.25) is 5.91 Å². The molecule has 178 valence electrons. The van der Waals surface area contributed by atoms with E-state index in [1.807, 2.05) is 4.90 Å². The highest BCUT2D eigenvalue weighted by atomic mass is 19.4. The average Bonchev–Trinajstić information content (AvgIpc) is 3.31. The third-order valence-electron chi connectivity index (χ3n) is 5.96. The Kier molecular flexibility index (Phi) is 8.50. The second-order valence-electron chi connectivity index (χ2n) is 8.29. The number of nitrogens with zero attached hydrogens (tertiary/aromatic N) is 2. The molecular weight excluding hydrogens is 429 g/mol. The van der Waals surface area contributed by atoms with Gasteiger partial charge in [0.05, 0.1) is 31.8 Å². The fourth-order valence-electron chi connectivity index (χ4n) is 4.33. The molecule has 4 rings (SSSR count). The van der Waals surface area contributed by atoms with Crippen LogP contribution in [0.2, 0.25) is 0 Å². The fraction of sp³-hybridized carbons (Fsp3) is 0.636. The van der Waals surface area contributed by atoms with Crippen molar-refractivity contribution in [2.24, 2.45) is 5.92 Å². The third-order valence-corrected chi connectivity index (χ3v) is 5.96. The summed E-state index contributed by atoms with van der Waals surface area (Å²) in [5, 5.41) is 7.12. The highest BCUT2D eigenvalue weighted by Crippen LogP contribution is 2.34. The number of carbonyl (C=O) groups is 2. The van der Waals surface area contributed by atoms with Crippen LogP contribution in [0.3, 0.4) is 0 Å². The molecule has 3 atom stereocenters. The molecule has 0 aromatic heterocycles. The summed E-state index contributed by atoms with van der Waals surface area (Å²) in [7, 11) is 0. The van der Waals surface area contributed by atoms with Crippen LogP contribution in [0.15, 0.2) is 30.3 Å². The Morgan fingerprint density at radius 3 is 2.34 bits per heavy atom. The Balaban J connectivity index is 0.000000360. The van der Waals surface area contributed by atoms with Crippen molar-refractivity contribution in [3.05, 3.63) is 35.9 Å². The maximum atomic E-state index is 12.4. The number of fused-ring (bicyclic) bond motifs is 1. The first-order valence-electron chi connectivity index (χ1n) is 10.8. The van der Waals surface area contributed by atoms with Gasteiger partial charge in [-0.3, -0.25) is 4.79 Å². The highest BCUT2D eigenvalue weighted by Gasteiger charge is 2.42. The van der Waals surface area contributed by atoms with Gasteiger partial charge in [-0.05, 0) is 18.4 Å². The van der Waals surface area contributed by atoms with E-state index in [0.717, 1.165) is 45.6 Å². The molecule has 0 aliphatic carbocycles. The van der Waals surface area contributed by atoms with E-state index in [0.29, 0.717) is 31.7 Å². The minimum absolute atomic E-state index is 0.113. The molecule has 1 aromatic rings. The number of likely N-dealkylation sites (tertiary alicyclic amines) is 1. The monoisotopic (exact) mass is 458 g/mol. The summed E-state index contributed by atoms with van der Waals surface area (Å²) in [6.45, 7) is 6.01. The van der Waals surface area contributed by atoms with Crippen LogP contribution < -0.4 is 0 Å². The van der Waals surface area contributed by atoms with Crippen molar-refractivity contribution in [1.82, 2.24) is 9.80 Å². The van der Waals surface area contributed by atoms with Crippen molar-refractivity contribution >= 4 is 11.9 Å². The quantitative estimate of drug-likeness (QED) is 0.729. The van der Waals surface area contributed by atoms with Crippen molar-refractivity contribution in [2.45, 2.75) is 37.6 Å². The van der Waals surface area contributed by atoms with Gasteiger partial charge in [-0.1, -0.05) is 30.3 Å². The summed E-state index contributed by atoms with van der Waals surface area (Å²) in [4.78, 5) is 25.7. The predicted molar refractivity (Wildman–Crippen MR) is 109 cm³/mol. The van der Waals surface area contributed by atoms with E-state index in [1.54, 1.807) is 0 Å². The number of carboxylic acid groups (broad SMARTS) is 1. The zero-order valence-corrected chi connectivity index (χ0v) is 17.8. The van der Waals surface area contributed by atoms with Gasteiger partial charge in [-0.2, -0.15) is 13.2 Å². The number of carboxylic acids is 1. The lowest BCUT2D eigenvalue weighted by Gasteiger charge is -2.28. The second-order valence-corrected chi connectivity index (χ2v) is 8.29. The van der Waals surface area contributed by atoms with Gasteiger partial charge in [0, 0.05) is 38.6 Å². The summed E-state index contributed by atoms with van der Waals surface area (Å²) in [5.74, 6) is -1.93. The number of hydrogen-bond acceptors (Lipinski definition) is 5.